The van der Waals surface area contributed by atoms with Crippen LogP contribution in [0.2, 0.25) is 5.02 Å². The van der Waals surface area contributed by atoms with Crippen LogP contribution in [0.4, 0.5) is 19.0 Å². The van der Waals surface area contributed by atoms with E-state index in [9.17, 15) is 23.2 Å². The second-order valence-electron chi connectivity index (χ2n) is 7.19. The lowest BCUT2D eigenvalue weighted by molar-refractivity contribution is -0.137. The van der Waals surface area contributed by atoms with Crippen molar-refractivity contribution in [3.05, 3.63) is 40.0 Å². The largest absolute Gasteiger partial charge is 0.416 e. The van der Waals surface area contributed by atoms with Crippen molar-refractivity contribution in [1.29, 1.82) is 5.26 Å². The average Bonchev–Trinajstić information content (AvgIpc) is 3.01. The number of hydrogen-bond acceptors (Lipinski definition) is 4. The number of alkyl halides is 3. The van der Waals surface area contributed by atoms with Gasteiger partial charge in [0, 0.05) is 6.54 Å². The van der Waals surface area contributed by atoms with Gasteiger partial charge in [-0.2, -0.15) is 18.4 Å². The normalized spacial score (nSPS) is 11.4. The molecule has 0 aliphatic rings. The molecule has 0 saturated heterocycles. The summed E-state index contributed by atoms with van der Waals surface area (Å²) in [7, 11) is 0. The van der Waals surface area contributed by atoms with Crippen LogP contribution < -0.4 is 11.1 Å². The number of hydrogen-bond donors (Lipinski definition) is 2. The number of unbranched alkanes of at least 4 members (excludes halogenated alkanes) is 5. The lowest BCUT2D eigenvalue weighted by Gasteiger charge is -2.12. The molecule has 0 radical (unpaired) electrons. The first kappa shape index (κ1) is 24.5. The molecule has 1 aromatic carbocycles. The molecular formula is C21H25ClF3N5O. The van der Waals surface area contributed by atoms with Crippen LogP contribution in [0, 0.1) is 11.3 Å². The smallest absolute Gasteiger partial charge is 0.381 e. The highest BCUT2D eigenvalue weighted by atomic mass is 35.5. The molecule has 0 bridgehead atoms. The molecule has 0 aliphatic carbocycles. The third-order valence-corrected chi connectivity index (χ3v) is 5.11. The molecule has 3 N–H and O–H groups in total. The number of halogens is 4. The van der Waals surface area contributed by atoms with Crippen LogP contribution in [-0.2, 0) is 17.4 Å². The minimum atomic E-state index is -4.55. The number of nitrogens with zero attached hydrogens (tertiary/aromatic N) is 3. The van der Waals surface area contributed by atoms with Crippen molar-refractivity contribution < 1.29 is 18.0 Å². The van der Waals surface area contributed by atoms with Crippen molar-refractivity contribution >= 4 is 23.3 Å². The summed E-state index contributed by atoms with van der Waals surface area (Å²) in [6, 6.07) is 4.66. The number of anilines is 1. The number of aromatic nitrogens is 2. The summed E-state index contributed by atoms with van der Waals surface area (Å²) in [5.74, 6) is -0.466. The fourth-order valence-corrected chi connectivity index (χ4v) is 3.42. The minimum absolute atomic E-state index is 0.00863. The van der Waals surface area contributed by atoms with Gasteiger partial charge in [0.15, 0.2) is 5.82 Å². The molecule has 6 nitrogen and oxygen atoms in total. The van der Waals surface area contributed by atoms with Crippen molar-refractivity contribution in [2.75, 3.05) is 12.3 Å². The molecule has 168 valence electrons. The minimum Gasteiger partial charge on any atom is -0.381 e. The van der Waals surface area contributed by atoms with Gasteiger partial charge in [0.05, 0.1) is 28.4 Å². The van der Waals surface area contributed by atoms with Gasteiger partial charge in [-0.15, -0.1) is 5.10 Å². The van der Waals surface area contributed by atoms with Gasteiger partial charge >= 0.3 is 6.18 Å². The number of nitriles is 1. The molecular weight excluding hydrogens is 431 g/mol. The van der Waals surface area contributed by atoms with Crippen molar-refractivity contribution in [2.45, 2.75) is 58.0 Å². The van der Waals surface area contributed by atoms with Gasteiger partial charge in [0.2, 0.25) is 5.91 Å². The van der Waals surface area contributed by atoms with Gasteiger partial charge in [-0.05, 0) is 24.6 Å². The van der Waals surface area contributed by atoms with E-state index in [2.05, 4.69) is 17.3 Å². The van der Waals surface area contributed by atoms with Crippen molar-refractivity contribution in [1.82, 2.24) is 15.1 Å². The van der Waals surface area contributed by atoms with E-state index in [1.54, 1.807) is 0 Å². The maximum absolute atomic E-state index is 12.9. The van der Waals surface area contributed by atoms with Crippen molar-refractivity contribution in [2.24, 2.45) is 0 Å². The van der Waals surface area contributed by atoms with E-state index >= 15 is 0 Å². The molecule has 1 amide bonds. The van der Waals surface area contributed by atoms with E-state index in [1.807, 2.05) is 6.07 Å². The summed E-state index contributed by atoms with van der Waals surface area (Å²) in [5.41, 5.74) is 5.13. The number of nitrogens with one attached hydrogen (secondary N) is 1. The first-order chi connectivity index (χ1) is 14.7. The van der Waals surface area contributed by atoms with E-state index in [-0.39, 0.29) is 40.1 Å². The predicted molar refractivity (Wildman–Crippen MR) is 113 cm³/mol. The van der Waals surface area contributed by atoms with E-state index < -0.39 is 11.7 Å². The highest BCUT2D eigenvalue weighted by Gasteiger charge is 2.31. The molecule has 10 heteroatoms. The molecule has 0 spiro atoms. The number of nitrogens with two attached hydrogens (primary N) is 1. The Morgan fingerprint density at radius 2 is 1.94 bits per heavy atom. The third kappa shape index (κ3) is 6.62. The fraction of sp³-hybridized carbons (Fsp3) is 0.476. The lowest BCUT2D eigenvalue weighted by Crippen LogP contribution is -2.27. The topological polar surface area (TPSA) is 96.7 Å². The van der Waals surface area contributed by atoms with Crippen LogP contribution in [0.25, 0.3) is 5.69 Å². The summed E-state index contributed by atoms with van der Waals surface area (Å²) in [6.45, 7) is 2.64. The molecule has 1 heterocycles. The Morgan fingerprint density at radius 1 is 1.26 bits per heavy atom. The summed E-state index contributed by atoms with van der Waals surface area (Å²) in [6.07, 6.45) is 1.73. The summed E-state index contributed by atoms with van der Waals surface area (Å²) in [4.78, 5) is 12.4. The highest BCUT2D eigenvalue weighted by Crippen LogP contribution is 2.34. The SMILES string of the molecule is CCCCCCCCNC(=O)Cc1c(C#N)c(N)nn1-c1ccc(C(F)(F)F)cc1Cl. The number of carbonyl (C=O) groups excluding carboxylic acids is 1. The summed E-state index contributed by atoms with van der Waals surface area (Å²) in [5, 5.41) is 16.0. The molecule has 0 fully saturated rings. The molecule has 31 heavy (non-hydrogen) atoms. The van der Waals surface area contributed by atoms with E-state index in [4.69, 9.17) is 17.3 Å². The van der Waals surface area contributed by atoms with Crippen LogP contribution in [0.3, 0.4) is 0 Å². The summed E-state index contributed by atoms with van der Waals surface area (Å²) < 4.78 is 39.9. The van der Waals surface area contributed by atoms with E-state index in [0.29, 0.717) is 6.54 Å². The van der Waals surface area contributed by atoms with Gasteiger partial charge in [0.25, 0.3) is 0 Å². The van der Waals surface area contributed by atoms with E-state index in [0.717, 1.165) is 48.6 Å². The zero-order valence-electron chi connectivity index (χ0n) is 17.2. The molecule has 0 aliphatic heterocycles. The lowest BCUT2D eigenvalue weighted by atomic mass is 10.1. The standard InChI is InChI=1S/C21H25ClF3N5O/c1-2-3-4-5-6-7-10-28-19(31)12-18-15(13-26)20(27)29-30(18)17-9-8-14(11-16(17)22)21(23,24)25/h8-9,11H,2-7,10,12H2,1H3,(H2,27,29)(H,28,31). The molecule has 2 rings (SSSR count). The zero-order valence-corrected chi connectivity index (χ0v) is 18.0. The maximum atomic E-state index is 12.9. The first-order valence-corrected chi connectivity index (χ1v) is 10.5. The first-order valence-electron chi connectivity index (χ1n) is 10.1. The van der Waals surface area contributed by atoms with E-state index in [1.165, 1.54) is 12.8 Å². The van der Waals surface area contributed by atoms with Crippen LogP contribution in [0.15, 0.2) is 18.2 Å². The molecule has 1 aromatic heterocycles. The Bertz CT molecular complexity index is 950. The van der Waals surface area contributed by atoms with Crippen LogP contribution in [0.5, 0.6) is 0 Å². The Morgan fingerprint density at radius 3 is 2.55 bits per heavy atom. The van der Waals surface area contributed by atoms with Gasteiger partial charge in [-0.1, -0.05) is 50.6 Å². The molecule has 2 aromatic rings. The average molecular weight is 456 g/mol. The highest BCUT2D eigenvalue weighted by molar-refractivity contribution is 6.32. The van der Waals surface area contributed by atoms with Gasteiger partial charge in [0.1, 0.15) is 11.6 Å². The number of rotatable bonds is 10. The number of amides is 1. The van der Waals surface area contributed by atoms with Crippen molar-refractivity contribution in [3.63, 3.8) is 0 Å². The number of carbonyl (C=O) groups is 1. The Hall–Kier alpha value is -2.73. The quantitative estimate of drug-likeness (QED) is 0.492. The molecule has 0 saturated carbocycles. The Balaban J connectivity index is 2.15. The Kier molecular flexibility index (Phi) is 8.75. The van der Waals surface area contributed by atoms with Gasteiger partial charge in [-0.25, -0.2) is 4.68 Å². The third-order valence-electron chi connectivity index (χ3n) is 4.80. The molecule has 0 unspecified atom stereocenters. The van der Waals surface area contributed by atoms with Gasteiger partial charge in [-0.3, -0.25) is 4.79 Å². The van der Waals surface area contributed by atoms with Crippen LogP contribution >= 0.6 is 11.6 Å². The van der Waals surface area contributed by atoms with Crippen LogP contribution in [0.1, 0.15) is 62.3 Å². The van der Waals surface area contributed by atoms with Crippen molar-refractivity contribution in [3.8, 4) is 11.8 Å². The second-order valence-corrected chi connectivity index (χ2v) is 7.60. The number of nitrogen functional groups attached to an aromatic ring is 1. The maximum Gasteiger partial charge on any atom is 0.416 e. The second kappa shape index (κ2) is 11.0. The fourth-order valence-electron chi connectivity index (χ4n) is 3.16. The van der Waals surface area contributed by atoms with Crippen LogP contribution in [-0.4, -0.2) is 22.2 Å². The zero-order chi connectivity index (χ0) is 23.0. The molecule has 0 atom stereocenters. The Labute approximate surface area is 184 Å². The summed E-state index contributed by atoms with van der Waals surface area (Å²) >= 11 is 6.05. The van der Waals surface area contributed by atoms with Gasteiger partial charge < -0.3 is 11.1 Å². The number of benzene rings is 1. The monoisotopic (exact) mass is 455 g/mol. The predicted octanol–water partition coefficient (Wildman–Crippen LogP) is 5.02.